The highest BCUT2D eigenvalue weighted by Gasteiger charge is 2.45. The van der Waals surface area contributed by atoms with Crippen LogP contribution in [0.15, 0.2) is 94.6 Å². The molecule has 5 unspecified atom stereocenters. The van der Waals surface area contributed by atoms with Crippen LogP contribution < -0.4 is 20.7 Å². The molecule has 15 nitrogen and oxygen atoms in total. The summed E-state index contributed by atoms with van der Waals surface area (Å²) in [6.45, 7) is 16.1. The van der Waals surface area contributed by atoms with Gasteiger partial charge < -0.3 is 37.0 Å². The topological polar surface area (TPSA) is 159 Å². The number of H-pyrrole nitrogens is 1. The van der Waals surface area contributed by atoms with Crippen LogP contribution in [-0.2, 0) is 45.0 Å². The highest BCUT2D eigenvalue weighted by Crippen LogP contribution is 2.55. The molecule has 1 N–H and O–H groups in total. The van der Waals surface area contributed by atoms with Gasteiger partial charge in [0.15, 0.2) is 0 Å². The molecule has 0 aliphatic carbocycles. The SMILES string of the molecule is COc1ccc(C(OCC2OC(n3cc(C)c(=O)[nH]c3=O)CC2OP(OCCCOP(=S)(OCCC#N)N(C(C)C)C(C)C)N(C(C)C)C(C)C)(c2ccccc2)c2ccc(OC)cc2)cc1. The Kier molecular flexibility index (Phi) is 20.3. The third-order valence-electron chi connectivity index (χ3n) is 11.3. The number of rotatable bonds is 26. The van der Waals surface area contributed by atoms with Crippen molar-refractivity contribution in [1.29, 1.82) is 5.26 Å². The van der Waals surface area contributed by atoms with Crippen LogP contribution in [-0.4, -0.2) is 95.9 Å². The van der Waals surface area contributed by atoms with E-state index < -0.39 is 50.5 Å². The first kappa shape index (κ1) is 54.1. The van der Waals surface area contributed by atoms with Crippen molar-refractivity contribution in [2.45, 2.75) is 130 Å². The van der Waals surface area contributed by atoms with E-state index in [0.29, 0.717) is 23.5 Å². The van der Waals surface area contributed by atoms with Crippen LogP contribution in [0.3, 0.4) is 0 Å². The molecule has 2 heterocycles. The van der Waals surface area contributed by atoms with Gasteiger partial charge in [0.05, 0.1) is 59.2 Å². The maximum atomic E-state index is 13.4. The summed E-state index contributed by atoms with van der Waals surface area (Å²) >= 11 is 6.08. The van der Waals surface area contributed by atoms with Crippen molar-refractivity contribution in [3.8, 4) is 17.6 Å². The summed E-state index contributed by atoms with van der Waals surface area (Å²) in [6.07, 6.45) is 0.300. The lowest BCUT2D eigenvalue weighted by molar-refractivity contribution is -0.0926. The third-order valence-corrected chi connectivity index (χ3v) is 17.2. The zero-order chi connectivity index (χ0) is 48.9. The number of methoxy groups -OCH3 is 2. The summed E-state index contributed by atoms with van der Waals surface area (Å²) < 4.78 is 57.4. The van der Waals surface area contributed by atoms with Crippen molar-refractivity contribution in [3.63, 3.8) is 0 Å². The molecule has 67 heavy (non-hydrogen) atoms. The molecule has 18 heteroatoms. The largest absolute Gasteiger partial charge is 0.497 e. The Morgan fingerprint density at radius 1 is 0.836 bits per heavy atom. The van der Waals surface area contributed by atoms with Crippen LogP contribution in [0, 0.1) is 18.3 Å². The molecule has 0 saturated carbocycles. The first-order valence-electron chi connectivity index (χ1n) is 22.9. The van der Waals surface area contributed by atoms with Crippen molar-refractivity contribution >= 4 is 27.0 Å². The number of aromatic amines is 1. The van der Waals surface area contributed by atoms with Gasteiger partial charge in [-0.2, -0.15) is 5.26 Å². The number of aromatic nitrogens is 2. The fourth-order valence-electron chi connectivity index (χ4n) is 8.38. The number of hydrogen-bond acceptors (Lipinski definition) is 13. The summed E-state index contributed by atoms with van der Waals surface area (Å²) in [6, 6.07) is 27.9. The van der Waals surface area contributed by atoms with Crippen LogP contribution in [0.4, 0.5) is 0 Å². The van der Waals surface area contributed by atoms with Crippen LogP contribution in [0.1, 0.15) is 103 Å². The predicted molar refractivity (Wildman–Crippen MR) is 266 cm³/mol. The van der Waals surface area contributed by atoms with Gasteiger partial charge in [0.2, 0.25) is 0 Å². The standard InChI is InChI=1S/C49H69N5O10P2S/c1-34(2)53(35(3)4)65(60-28-16-30-62-66(67,61-29-15-27-50)54(36(5)6)37(7)8)64-44-31-46(52-32-38(9)47(55)51-48(52)56)63-45(44)33-59-49(39-17-13-12-14-18-39,40-19-23-42(57-10)24-20-40)41-21-25-43(58-11)26-22-41/h12-14,17-26,32,34-37,44-46H,15-16,28-31,33H2,1-11H3,(H,51,55,56). The number of nitrogens with zero attached hydrogens (tertiary/aromatic N) is 4. The minimum Gasteiger partial charge on any atom is -0.497 e. The minimum absolute atomic E-state index is 0.0181. The molecule has 0 bridgehead atoms. The molecule has 0 radical (unpaired) electrons. The van der Waals surface area contributed by atoms with E-state index >= 15 is 0 Å². The van der Waals surface area contributed by atoms with Gasteiger partial charge in [-0.15, -0.1) is 0 Å². The van der Waals surface area contributed by atoms with E-state index in [1.807, 2.05) is 78.9 Å². The molecule has 4 aromatic rings. The molecule has 5 rings (SSSR count). The predicted octanol–water partition coefficient (Wildman–Crippen LogP) is 9.59. The summed E-state index contributed by atoms with van der Waals surface area (Å²) in [4.78, 5) is 28.3. The number of ether oxygens (including phenoxy) is 4. The molecular formula is C49H69N5O10P2S. The van der Waals surface area contributed by atoms with E-state index in [-0.39, 0.29) is 63.4 Å². The Labute approximate surface area is 402 Å². The van der Waals surface area contributed by atoms with E-state index in [1.165, 1.54) is 10.8 Å². The monoisotopic (exact) mass is 981 g/mol. The van der Waals surface area contributed by atoms with E-state index in [4.69, 9.17) is 48.8 Å². The van der Waals surface area contributed by atoms with Gasteiger partial charge in [-0.3, -0.25) is 14.3 Å². The van der Waals surface area contributed by atoms with E-state index in [9.17, 15) is 14.9 Å². The normalized spacial score (nSPS) is 18.0. The third kappa shape index (κ3) is 13.5. The maximum absolute atomic E-state index is 13.4. The van der Waals surface area contributed by atoms with Crippen LogP contribution >= 0.6 is 15.2 Å². The Balaban J connectivity index is 1.51. The zero-order valence-corrected chi connectivity index (χ0v) is 43.4. The molecule has 366 valence electrons. The molecule has 1 saturated heterocycles. The lowest BCUT2D eigenvalue weighted by atomic mass is 9.80. The molecule has 1 aliphatic rings. The molecular weight excluding hydrogens is 913 g/mol. The fraction of sp³-hybridized carbons (Fsp3) is 0.531. The average Bonchev–Trinajstić information content (AvgIpc) is 3.69. The molecule has 1 fully saturated rings. The van der Waals surface area contributed by atoms with Gasteiger partial charge in [-0.05, 0) is 121 Å². The Morgan fingerprint density at radius 3 is 1.91 bits per heavy atom. The van der Waals surface area contributed by atoms with Crippen molar-refractivity contribution in [1.82, 2.24) is 18.9 Å². The quantitative estimate of drug-likeness (QED) is 0.0360. The second-order valence-electron chi connectivity index (χ2n) is 17.4. The van der Waals surface area contributed by atoms with Gasteiger partial charge in [-0.25, -0.2) is 14.1 Å². The summed E-state index contributed by atoms with van der Waals surface area (Å²) in [5.41, 5.74) is 0.700. The van der Waals surface area contributed by atoms with Crippen molar-refractivity contribution in [3.05, 3.63) is 128 Å². The van der Waals surface area contributed by atoms with Crippen molar-refractivity contribution in [2.75, 3.05) is 40.6 Å². The van der Waals surface area contributed by atoms with E-state index in [2.05, 4.69) is 75.8 Å². The van der Waals surface area contributed by atoms with Crippen LogP contribution in [0.5, 0.6) is 11.5 Å². The number of benzene rings is 3. The second kappa shape index (κ2) is 25.2. The summed E-state index contributed by atoms with van der Waals surface area (Å²) in [7, 11) is 1.52. The van der Waals surface area contributed by atoms with Gasteiger partial charge in [0, 0.05) is 42.3 Å². The summed E-state index contributed by atoms with van der Waals surface area (Å²) in [5.74, 6) is 1.39. The first-order chi connectivity index (χ1) is 32.0. The van der Waals surface area contributed by atoms with E-state index in [1.54, 1.807) is 21.1 Å². The molecule has 5 atom stereocenters. The maximum Gasteiger partial charge on any atom is 0.330 e. The number of aryl methyl sites for hydroxylation is 1. The fourth-order valence-corrected chi connectivity index (χ4v) is 13.9. The van der Waals surface area contributed by atoms with Gasteiger partial charge in [-0.1, -0.05) is 54.6 Å². The molecule has 1 aliphatic heterocycles. The lowest BCUT2D eigenvalue weighted by Crippen LogP contribution is -2.39. The Bertz CT molecular complexity index is 2300. The first-order valence-corrected chi connectivity index (χ1v) is 26.6. The lowest BCUT2D eigenvalue weighted by Gasteiger charge is -2.39. The van der Waals surface area contributed by atoms with E-state index in [0.717, 1.165) is 16.7 Å². The average molecular weight is 982 g/mol. The highest BCUT2D eigenvalue weighted by molar-refractivity contribution is 8.08. The van der Waals surface area contributed by atoms with Gasteiger partial charge >= 0.3 is 5.69 Å². The molecule has 3 aromatic carbocycles. The molecule has 0 spiro atoms. The van der Waals surface area contributed by atoms with Crippen molar-refractivity contribution < 1.29 is 37.0 Å². The smallest absolute Gasteiger partial charge is 0.330 e. The Morgan fingerprint density at radius 2 is 1.39 bits per heavy atom. The van der Waals surface area contributed by atoms with Crippen LogP contribution in [0.2, 0.25) is 0 Å². The summed E-state index contributed by atoms with van der Waals surface area (Å²) in [5, 5.41) is 9.22. The second-order valence-corrected chi connectivity index (χ2v) is 22.1. The highest BCUT2D eigenvalue weighted by atomic mass is 32.5. The number of nitrogens with one attached hydrogen (secondary N) is 1. The number of hydrogen-bond donors (Lipinski definition) is 1. The molecule has 1 aromatic heterocycles. The van der Waals surface area contributed by atoms with Gasteiger partial charge in [0.1, 0.15) is 29.4 Å². The zero-order valence-electron chi connectivity index (χ0n) is 40.7. The Hall–Kier alpha value is -3.81. The molecule has 0 amide bonds. The van der Waals surface area contributed by atoms with Crippen molar-refractivity contribution in [2.24, 2.45) is 0 Å². The van der Waals surface area contributed by atoms with Gasteiger partial charge in [0.25, 0.3) is 20.7 Å². The number of nitriles is 1. The minimum atomic E-state index is -2.93. The van der Waals surface area contributed by atoms with Crippen LogP contribution in [0.25, 0.3) is 0 Å².